The van der Waals surface area contributed by atoms with Crippen LogP contribution in [0.25, 0.3) is 0 Å². The number of ether oxygens (including phenoxy) is 4. The highest BCUT2D eigenvalue weighted by molar-refractivity contribution is 5.16. The summed E-state index contributed by atoms with van der Waals surface area (Å²) in [5.74, 6) is 0.584. The molecule has 5 nitrogen and oxygen atoms in total. The molecule has 1 saturated heterocycles. The molecule has 0 saturated carbocycles. The summed E-state index contributed by atoms with van der Waals surface area (Å²) in [6.45, 7) is 8.87. The summed E-state index contributed by atoms with van der Waals surface area (Å²) in [6, 6.07) is 41.5. The molecule has 4 aromatic carbocycles. The van der Waals surface area contributed by atoms with Crippen LogP contribution in [0.3, 0.4) is 0 Å². The van der Waals surface area contributed by atoms with Gasteiger partial charge in [0.15, 0.2) is 0 Å². The third kappa shape index (κ3) is 9.85. The molecule has 1 fully saturated rings. The topological polar surface area (TPSA) is 40.2 Å². The Morgan fingerprint density at radius 2 is 1.00 bits per heavy atom. The first-order valence-electron chi connectivity index (χ1n) is 16.0. The van der Waals surface area contributed by atoms with E-state index in [9.17, 15) is 0 Å². The molecule has 1 aliphatic rings. The second kappa shape index (κ2) is 17.2. The van der Waals surface area contributed by atoms with Crippen LogP contribution in [0, 0.1) is 5.92 Å². The first-order chi connectivity index (χ1) is 21.7. The number of likely N-dealkylation sites (tertiary alicyclic amines) is 1. The second-order valence-electron chi connectivity index (χ2n) is 12.1. The van der Waals surface area contributed by atoms with Gasteiger partial charge >= 0.3 is 0 Å². The fraction of sp³-hybridized carbons (Fsp3) is 0.385. The number of hydrogen-bond acceptors (Lipinski definition) is 5. The summed E-state index contributed by atoms with van der Waals surface area (Å²) in [7, 11) is 0. The molecule has 4 unspecified atom stereocenters. The lowest BCUT2D eigenvalue weighted by Gasteiger charge is -2.48. The first-order valence-corrected chi connectivity index (χ1v) is 16.0. The van der Waals surface area contributed by atoms with E-state index in [2.05, 4.69) is 116 Å². The van der Waals surface area contributed by atoms with Crippen molar-refractivity contribution in [3.05, 3.63) is 144 Å². The van der Waals surface area contributed by atoms with Gasteiger partial charge in [-0.15, -0.1) is 0 Å². The van der Waals surface area contributed by atoms with Crippen LogP contribution in [-0.2, 0) is 45.4 Å². The molecule has 5 heteroatoms. The molecule has 5 rings (SSSR count). The molecule has 0 N–H and O–H groups in total. The van der Waals surface area contributed by atoms with Gasteiger partial charge in [-0.1, -0.05) is 135 Å². The normalized spacial score (nSPS) is 20.6. The highest BCUT2D eigenvalue weighted by atomic mass is 16.6. The monoisotopic (exact) mass is 593 g/mol. The van der Waals surface area contributed by atoms with Gasteiger partial charge in [-0.05, 0) is 41.1 Å². The molecule has 232 valence electrons. The minimum atomic E-state index is -0.275. The van der Waals surface area contributed by atoms with Crippen molar-refractivity contribution >= 4 is 0 Å². The highest BCUT2D eigenvalue weighted by Gasteiger charge is 2.46. The van der Waals surface area contributed by atoms with Crippen LogP contribution in [-0.4, -0.2) is 49.0 Å². The van der Waals surface area contributed by atoms with Crippen LogP contribution in [0.4, 0.5) is 0 Å². The van der Waals surface area contributed by atoms with E-state index in [0.29, 0.717) is 39.0 Å². The zero-order chi connectivity index (χ0) is 30.4. The van der Waals surface area contributed by atoms with Crippen molar-refractivity contribution in [1.82, 2.24) is 4.90 Å². The molecule has 0 amide bonds. The van der Waals surface area contributed by atoms with Crippen LogP contribution < -0.4 is 0 Å². The summed E-state index contributed by atoms with van der Waals surface area (Å²) in [5, 5.41) is 0. The summed E-state index contributed by atoms with van der Waals surface area (Å²) < 4.78 is 26.8. The lowest BCUT2D eigenvalue weighted by atomic mass is 9.92. The fourth-order valence-electron chi connectivity index (χ4n) is 5.73. The van der Waals surface area contributed by atoms with Gasteiger partial charge in [0.25, 0.3) is 0 Å². The summed E-state index contributed by atoms with van der Waals surface area (Å²) in [5.41, 5.74) is 4.59. The Kier molecular flexibility index (Phi) is 12.6. The average Bonchev–Trinajstić information content (AvgIpc) is 3.07. The van der Waals surface area contributed by atoms with Crippen LogP contribution in [0.15, 0.2) is 121 Å². The molecule has 1 heterocycles. The van der Waals surface area contributed by atoms with Crippen molar-refractivity contribution in [2.45, 2.75) is 71.0 Å². The number of benzene rings is 4. The van der Waals surface area contributed by atoms with Gasteiger partial charge in [-0.3, -0.25) is 4.90 Å². The molecule has 0 aromatic heterocycles. The smallest absolute Gasteiger partial charge is 0.113 e. The lowest BCUT2D eigenvalue weighted by Crippen LogP contribution is -2.64. The van der Waals surface area contributed by atoms with E-state index in [0.717, 1.165) is 36.2 Å². The number of hydrogen-bond donors (Lipinski definition) is 0. The van der Waals surface area contributed by atoms with Gasteiger partial charge in [0.05, 0.1) is 45.2 Å². The van der Waals surface area contributed by atoms with E-state index in [4.69, 9.17) is 18.9 Å². The van der Waals surface area contributed by atoms with E-state index in [-0.39, 0.29) is 24.4 Å². The summed E-state index contributed by atoms with van der Waals surface area (Å²) in [4.78, 5) is 2.53. The minimum absolute atomic E-state index is 0.0125. The molecule has 1 aliphatic heterocycles. The Hall–Kier alpha value is -3.32. The number of piperidine rings is 1. The van der Waals surface area contributed by atoms with E-state index in [1.54, 1.807) is 0 Å². The Morgan fingerprint density at radius 3 is 1.48 bits per heavy atom. The SMILES string of the molecule is CC(C)CCN1CC(OCc2ccccc2)C(OCc2ccccc2)C(OCc2ccccc2)C1COCc1ccccc1. The molecular weight excluding hydrogens is 546 g/mol. The number of nitrogens with zero attached hydrogens (tertiary/aromatic N) is 1. The molecule has 0 bridgehead atoms. The summed E-state index contributed by atoms with van der Waals surface area (Å²) >= 11 is 0. The van der Waals surface area contributed by atoms with E-state index in [1.807, 2.05) is 24.3 Å². The van der Waals surface area contributed by atoms with E-state index in [1.165, 1.54) is 5.56 Å². The van der Waals surface area contributed by atoms with Gasteiger partial charge in [-0.25, -0.2) is 0 Å². The van der Waals surface area contributed by atoms with Gasteiger partial charge in [0.1, 0.15) is 12.2 Å². The van der Waals surface area contributed by atoms with Crippen LogP contribution in [0.2, 0.25) is 0 Å². The van der Waals surface area contributed by atoms with Crippen LogP contribution >= 0.6 is 0 Å². The van der Waals surface area contributed by atoms with E-state index >= 15 is 0 Å². The van der Waals surface area contributed by atoms with Crippen LogP contribution in [0.5, 0.6) is 0 Å². The van der Waals surface area contributed by atoms with Gasteiger partial charge in [0, 0.05) is 6.54 Å². The second-order valence-corrected chi connectivity index (χ2v) is 12.1. The highest BCUT2D eigenvalue weighted by Crippen LogP contribution is 2.30. The van der Waals surface area contributed by atoms with Gasteiger partial charge < -0.3 is 18.9 Å². The molecule has 0 radical (unpaired) electrons. The Morgan fingerprint density at radius 1 is 0.568 bits per heavy atom. The largest absolute Gasteiger partial charge is 0.375 e. The third-order valence-electron chi connectivity index (χ3n) is 8.22. The first kappa shape index (κ1) is 32.1. The Balaban J connectivity index is 1.42. The molecule has 4 aromatic rings. The maximum atomic E-state index is 6.88. The molecule has 0 aliphatic carbocycles. The van der Waals surface area contributed by atoms with E-state index < -0.39 is 0 Å². The van der Waals surface area contributed by atoms with Gasteiger partial charge in [-0.2, -0.15) is 0 Å². The van der Waals surface area contributed by atoms with Crippen molar-refractivity contribution in [2.24, 2.45) is 5.92 Å². The molecule has 0 spiro atoms. The van der Waals surface area contributed by atoms with Crippen molar-refractivity contribution in [1.29, 1.82) is 0 Å². The summed E-state index contributed by atoms with van der Waals surface area (Å²) in [6.07, 6.45) is 0.388. The van der Waals surface area contributed by atoms with Crippen molar-refractivity contribution in [2.75, 3.05) is 19.7 Å². The fourth-order valence-corrected chi connectivity index (χ4v) is 5.73. The zero-order valence-corrected chi connectivity index (χ0v) is 26.2. The third-order valence-corrected chi connectivity index (χ3v) is 8.22. The predicted molar refractivity (Wildman–Crippen MR) is 176 cm³/mol. The maximum absolute atomic E-state index is 6.88. The van der Waals surface area contributed by atoms with Crippen molar-refractivity contribution in [3.63, 3.8) is 0 Å². The van der Waals surface area contributed by atoms with Gasteiger partial charge in [0.2, 0.25) is 0 Å². The Labute approximate surface area is 263 Å². The van der Waals surface area contributed by atoms with Crippen molar-refractivity contribution < 1.29 is 18.9 Å². The number of rotatable bonds is 16. The molecule has 44 heavy (non-hydrogen) atoms. The molecule has 4 atom stereocenters. The standard InChI is InChI=1S/C39H47NO4/c1-31(2)23-24-40-25-37(42-27-33-17-9-4-10-18-33)39(44-29-35-21-13-6-14-22-35)38(43-28-34-19-11-5-12-20-34)36(40)30-41-26-32-15-7-3-8-16-32/h3-22,31,36-39H,23-30H2,1-2H3. The molecular formula is C39H47NO4. The maximum Gasteiger partial charge on any atom is 0.113 e. The average molecular weight is 594 g/mol. The lowest BCUT2D eigenvalue weighted by molar-refractivity contribution is -0.210. The minimum Gasteiger partial charge on any atom is -0.375 e. The van der Waals surface area contributed by atoms with Crippen LogP contribution in [0.1, 0.15) is 42.5 Å². The predicted octanol–water partition coefficient (Wildman–Crippen LogP) is 7.69. The van der Waals surface area contributed by atoms with Crippen molar-refractivity contribution in [3.8, 4) is 0 Å². The zero-order valence-electron chi connectivity index (χ0n) is 26.2. The quantitative estimate of drug-likeness (QED) is 0.133. The Bertz CT molecular complexity index is 1320.